The first-order valence-electron chi connectivity index (χ1n) is 5.31. The summed E-state index contributed by atoms with van der Waals surface area (Å²) in [5, 5.41) is 0. The Morgan fingerprint density at radius 1 is 1.42 bits per heavy atom. The molecule has 0 radical (unpaired) electrons. The Bertz CT molecular complexity index is 541. The third-order valence-corrected chi connectivity index (χ3v) is 3.12. The lowest BCUT2D eigenvalue weighted by atomic mass is 10.0. The summed E-state index contributed by atoms with van der Waals surface area (Å²) in [6.07, 6.45) is 1.77. The lowest BCUT2D eigenvalue weighted by molar-refractivity contribution is -0.104. The molecule has 102 valence electrons. The molecule has 1 rings (SSSR count). The number of methoxy groups -OCH3 is 1. The zero-order valence-electron chi connectivity index (χ0n) is 10.7. The number of ketones is 1. The minimum atomic E-state index is -0.714. The van der Waals surface area contributed by atoms with Gasteiger partial charge in [0.2, 0.25) is 5.78 Å². The molecule has 0 bridgehead atoms. The molecule has 0 heterocycles. The van der Waals surface area contributed by atoms with E-state index in [2.05, 4.69) is 0 Å². The minimum absolute atomic E-state index is 0.107. The fourth-order valence-electron chi connectivity index (χ4n) is 1.44. The molecule has 0 spiro atoms. The number of aldehydes is 1. The highest BCUT2D eigenvalue weighted by Crippen LogP contribution is 2.25. The predicted molar refractivity (Wildman–Crippen MR) is 77.8 cm³/mol. The predicted octanol–water partition coefficient (Wildman–Crippen LogP) is 2.27. The molecule has 0 saturated heterocycles. The summed E-state index contributed by atoms with van der Waals surface area (Å²) in [5.41, 5.74) is -0.254. The highest BCUT2D eigenvalue weighted by atomic mass is 127. The second-order valence-electron chi connectivity index (χ2n) is 3.96. The monoisotopic (exact) mass is 377 g/mol. The van der Waals surface area contributed by atoms with E-state index in [1.807, 2.05) is 22.6 Å². The lowest BCUT2D eigenvalue weighted by Gasteiger charge is -2.09. The highest BCUT2D eigenvalue weighted by Gasteiger charge is 2.19. The van der Waals surface area contributed by atoms with E-state index in [1.54, 1.807) is 19.0 Å². The summed E-state index contributed by atoms with van der Waals surface area (Å²) in [5.74, 6) is -1.02. The van der Waals surface area contributed by atoms with Crippen molar-refractivity contribution in [2.45, 2.75) is 0 Å². The van der Waals surface area contributed by atoms with Gasteiger partial charge in [-0.2, -0.15) is 0 Å². The summed E-state index contributed by atoms with van der Waals surface area (Å²) < 4.78 is 19.4. The molecule has 1 aromatic carbocycles. The van der Waals surface area contributed by atoms with E-state index in [0.717, 1.165) is 6.07 Å². The van der Waals surface area contributed by atoms with Gasteiger partial charge in [-0.15, -0.1) is 0 Å². The number of carbonyl (C=O) groups excluding carboxylic acids is 2. The zero-order valence-corrected chi connectivity index (χ0v) is 12.9. The van der Waals surface area contributed by atoms with Crippen molar-refractivity contribution < 1.29 is 18.7 Å². The van der Waals surface area contributed by atoms with Gasteiger partial charge >= 0.3 is 0 Å². The number of hydrogen-bond acceptors (Lipinski definition) is 4. The van der Waals surface area contributed by atoms with Crippen LogP contribution in [-0.2, 0) is 4.79 Å². The van der Waals surface area contributed by atoms with Gasteiger partial charge in [0, 0.05) is 26.4 Å². The molecule has 1 aromatic rings. The van der Waals surface area contributed by atoms with E-state index in [9.17, 15) is 14.0 Å². The Labute approximate surface area is 124 Å². The van der Waals surface area contributed by atoms with Crippen molar-refractivity contribution in [3.05, 3.63) is 38.9 Å². The van der Waals surface area contributed by atoms with Crippen LogP contribution in [0.25, 0.3) is 0 Å². The number of benzene rings is 1. The molecule has 19 heavy (non-hydrogen) atoms. The number of hydrogen-bond donors (Lipinski definition) is 0. The van der Waals surface area contributed by atoms with Crippen molar-refractivity contribution in [2.24, 2.45) is 0 Å². The number of ether oxygens (including phenoxy) is 1. The van der Waals surface area contributed by atoms with E-state index in [-0.39, 0.29) is 11.1 Å². The maximum atomic E-state index is 13.8. The third-order valence-electron chi connectivity index (χ3n) is 2.27. The first kappa shape index (κ1) is 15.6. The second-order valence-corrected chi connectivity index (χ2v) is 5.12. The van der Waals surface area contributed by atoms with E-state index >= 15 is 0 Å². The summed E-state index contributed by atoms with van der Waals surface area (Å²) in [6.45, 7) is 0. The third kappa shape index (κ3) is 3.76. The fourth-order valence-corrected chi connectivity index (χ4v) is 2.12. The Hall–Kier alpha value is -1.44. The van der Waals surface area contributed by atoms with Crippen LogP contribution in [0.4, 0.5) is 4.39 Å². The van der Waals surface area contributed by atoms with Crippen LogP contribution in [-0.4, -0.2) is 38.2 Å². The average molecular weight is 377 g/mol. The van der Waals surface area contributed by atoms with Crippen LogP contribution in [0, 0.1) is 9.39 Å². The Kier molecular flexibility index (Phi) is 5.46. The van der Waals surface area contributed by atoms with Crippen molar-refractivity contribution in [2.75, 3.05) is 21.2 Å². The molecular weight excluding hydrogens is 364 g/mol. The van der Waals surface area contributed by atoms with Crippen LogP contribution >= 0.6 is 22.6 Å². The molecule has 0 saturated carbocycles. The van der Waals surface area contributed by atoms with Gasteiger partial charge in [0.1, 0.15) is 11.6 Å². The van der Waals surface area contributed by atoms with Gasteiger partial charge in [-0.05, 0) is 28.7 Å². The molecule has 6 heteroatoms. The molecule has 0 aliphatic carbocycles. The van der Waals surface area contributed by atoms with Crippen molar-refractivity contribution >= 4 is 34.7 Å². The van der Waals surface area contributed by atoms with Crippen LogP contribution in [0.2, 0.25) is 0 Å². The van der Waals surface area contributed by atoms with E-state index in [4.69, 9.17) is 4.74 Å². The number of rotatable bonds is 5. The molecule has 0 amide bonds. The van der Waals surface area contributed by atoms with E-state index in [1.165, 1.54) is 19.4 Å². The molecule has 0 atom stereocenters. The van der Waals surface area contributed by atoms with Gasteiger partial charge in [-0.1, -0.05) is 0 Å². The van der Waals surface area contributed by atoms with Crippen molar-refractivity contribution in [3.63, 3.8) is 0 Å². The standard InChI is InChI=1S/C13H13FINO3/c1-16(2)6-8(7-17)13(18)9-4-11(15)12(19-3)5-10(9)14/h4-7H,1-3H3. The van der Waals surface area contributed by atoms with E-state index < -0.39 is 11.6 Å². The first-order valence-corrected chi connectivity index (χ1v) is 6.39. The summed E-state index contributed by atoms with van der Waals surface area (Å²) in [7, 11) is 4.76. The molecule has 0 N–H and O–H groups in total. The maximum absolute atomic E-state index is 13.8. The smallest absolute Gasteiger partial charge is 0.200 e. The molecule has 4 nitrogen and oxygen atoms in total. The highest BCUT2D eigenvalue weighted by molar-refractivity contribution is 14.1. The van der Waals surface area contributed by atoms with Gasteiger partial charge < -0.3 is 9.64 Å². The summed E-state index contributed by atoms with van der Waals surface area (Å²) >= 11 is 1.93. The van der Waals surface area contributed by atoms with Gasteiger partial charge in [-0.25, -0.2) is 4.39 Å². The topological polar surface area (TPSA) is 46.6 Å². The zero-order chi connectivity index (χ0) is 14.6. The first-order chi connectivity index (χ1) is 8.90. The molecule has 0 aliphatic heterocycles. The van der Waals surface area contributed by atoms with Gasteiger partial charge in [0.15, 0.2) is 6.29 Å². The van der Waals surface area contributed by atoms with Crippen LogP contribution in [0.3, 0.4) is 0 Å². The maximum Gasteiger partial charge on any atom is 0.200 e. The Balaban J connectivity index is 3.27. The second kappa shape index (κ2) is 6.65. The van der Waals surface area contributed by atoms with Crippen molar-refractivity contribution in [1.29, 1.82) is 0 Å². The molecule has 0 aromatic heterocycles. The van der Waals surface area contributed by atoms with Gasteiger partial charge in [0.25, 0.3) is 0 Å². The van der Waals surface area contributed by atoms with Crippen molar-refractivity contribution in [3.8, 4) is 5.75 Å². The molecule has 0 fully saturated rings. The minimum Gasteiger partial charge on any atom is -0.496 e. The molecule has 0 unspecified atom stereocenters. The van der Waals surface area contributed by atoms with Crippen LogP contribution in [0.15, 0.2) is 23.9 Å². The lowest BCUT2D eigenvalue weighted by Crippen LogP contribution is -2.12. The quantitative estimate of drug-likeness (QED) is 0.197. The number of halogens is 2. The Morgan fingerprint density at radius 3 is 2.53 bits per heavy atom. The van der Waals surface area contributed by atoms with Gasteiger partial charge in [0.05, 0.1) is 21.8 Å². The average Bonchev–Trinajstić information content (AvgIpc) is 2.37. The molecular formula is C13H13FINO3. The largest absolute Gasteiger partial charge is 0.496 e. The number of allylic oxidation sites excluding steroid dienone is 1. The van der Waals surface area contributed by atoms with Crippen LogP contribution < -0.4 is 4.74 Å². The number of Topliss-reactive ketones (excluding diaryl/α,β-unsaturated/α-hetero) is 1. The van der Waals surface area contributed by atoms with Crippen molar-refractivity contribution in [1.82, 2.24) is 4.90 Å². The normalized spacial score (nSPS) is 11.1. The van der Waals surface area contributed by atoms with E-state index in [0.29, 0.717) is 15.6 Å². The number of nitrogens with zero attached hydrogens (tertiary/aromatic N) is 1. The SMILES string of the molecule is COc1cc(F)c(C(=O)C(C=O)=CN(C)C)cc1I. The Morgan fingerprint density at radius 2 is 2.05 bits per heavy atom. The molecule has 0 aliphatic rings. The summed E-state index contributed by atoms with van der Waals surface area (Å²) in [4.78, 5) is 24.5. The van der Waals surface area contributed by atoms with Gasteiger partial charge in [-0.3, -0.25) is 9.59 Å². The fraction of sp³-hybridized carbons (Fsp3) is 0.231. The summed E-state index contributed by atoms with van der Waals surface area (Å²) in [6, 6.07) is 2.50. The van der Waals surface area contributed by atoms with Crippen LogP contribution in [0.1, 0.15) is 10.4 Å². The van der Waals surface area contributed by atoms with Crippen LogP contribution in [0.5, 0.6) is 5.75 Å². The number of carbonyl (C=O) groups is 2.